The first-order valence-corrected chi connectivity index (χ1v) is 5.16. The fourth-order valence-corrected chi connectivity index (χ4v) is 1.38. The van der Waals surface area contributed by atoms with Gasteiger partial charge in [-0.05, 0) is 5.56 Å². The van der Waals surface area contributed by atoms with Crippen molar-refractivity contribution in [1.82, 2.24) is 4.98 Å². The smallest absolute Gasteiger partial charge is 0.292 e. The highest BCUT2D eigenvalue weighted by molar-refractivity contribution is 5.14. The van der Waals surface area contributed by atoms with Crippen LogP contribution in [0.5, 0.6) is 0 Å². The quantitative estimate of drug-likeness (QED) is 0.780. The van der Waals surface area contributed by atoms with Crippen molar-refractivity contribution in [3.05, 3.63) is 47.9 Å². The van der Waals surface area contributed by atoms with Crippen LogP contribution in [0.15, 0.2) is 41.0 Å². The fourth-order valence-electron chi connectivity index (χ4n) is 1.38. The molecule has 0 fully saturated rings. The standard InChI is InChI=1S/C12H14N2O2/c13-12-14-11(9-16-12)6-7-15-8-10-4-2-1-3-5-10/h1-5,9H,6-8H2,(H2,13,14). The summed E-state index contributed by atoms with van der Waals surface area (Å²) < 4.78 is 10.4. The van der Waals surface area contributed by atoms with E-state index in [9.17, 15) is 0 Å². The number of anilines is 1. The van der Waals surface area contributed by atoms with Crippen LogP contribution in [0.25, 0.3) is 0 Å². The molecule has 4 heteroatoms. The van der Waals surface area contributed by atoms with Gasteiger partial charge in [0.2, 0.25) is 0 Å². The van der Waals surface area contributed by atoms with Gasteiger partial charge in [0.1, 0.15) is 6.26 Å². The summed E-state index contributed by atoms with van der Waals surface area (Å²) in [5.74, 6) is 0. The van der Waals surface area contributed by atoms with E-state index in [1.54, 1.807) is 6.26 Å². The highest BCUT2D eigenvalue weighted by Crippen LogP contribution is 2.05. The summed E-state index contributed by atoms with van der Waals surface area (Å²) in [6.07, 6.45) is 2.27. The largest absolute Gasteiger partial charge is 0.432 e. The molecule has 0 aliphatic heterocycles. The molecule has 0 unspecified atom stereocenters. The minimum Gasteiger partial charge on any atom is -0.432 e. The van der Waals surface area contributed by atoms with Crippen LogP contribution in [0.4, 0.5) is 6.01 Å². The normalized spacial score (nSPS) is 10.5. The number of rotatable bonds is 5. The van der Waals surface area contributed by atoms with E-state index in [2.05, 4.69) is 4.98 Å². The predicted octanol–water partition coefficient (Wildman–Crippen LogP) is 2.02. The molecule has 0 saturated carbocycles. The second-order valence-corrected chi connectivity index (χ2v) is 3.47. The van der Waals surface area contributed by atoms with Crippen molar-refractivity contribution in [2.45, 2.75) is 13.0 Å². The van der Waals surface area contributed by atoms with Crippen LogP contribution in [0.1, 0.15) is 11.3 Å². The van der Waals surface area contributed by atoms with Gasteiger partial charge < -0.3 is 14.9 Å². The van der Waals surface area contributed by atoms with E-state index in [-0.39, 0.29) is 6.01 Å². The summed E-state index contributed by atoms with van der Waals surface area (Å²) in [7, 11) is 0. The van der Waals surface area contributed by atoms with Gasteiger partial charge in [0, 0.05) is 6.42 Å². The molecule has 0 atom stereocenters. The first-order chi connectivity index (χ1) is 7.84. The molecule has 84 valence electrons. The molecular weight excluding hydrogens is 204 g/mol. The Kier molecular flexibility index (Phi) is 3.56. The van der Waals surface area contributed by atoms with Crippen molar-refractivity contribution >= 4 is 6.01 Å². The monoisotopic (exact) mass is 218 g/mol. The second-order valence-electron chi connectivity index (χ2n) is 3.47. The van der Waals surface area contributed by atoms with Gasteiger partial charge in [-0.15, -0.1) is 0 Å². The van der Waals surface area contributed by atoms with Gasteiger partial charge in [0.05, 0.1) is 18.9 Å². The van der Waals surface area contributed by atoms with Crippen molar-refractivity contribution in [3.63, 3.8) is 0 Å². The molecule has 0 spiro atoms. The van der Waals surface area contributed by atoms with Crippen molar-refractivity contribution in [2.75, 3.05) is 12.3 Å². The van der Waals surface area contributed by atoms with Crippen LogP contribution >= 0.6 is 0 Å². The minimum atomic E-state index is 0.207. The molecule has 1 heterocycles. The number of nitrogen functional groups attached to an aromatic ring is 1. The molecule has 1 aromatic heterocycles. The lowest BCUT2D eigenvalue weighted by Gasteiger charge is -2.02. The molecule has 0 amide bonds. The Morgan fingerprint density at radius 2 is 2.06 bits per heavy atom. The maximum Gasteiger partial charge on any atom is 0.292 e. The van der Waals surface area contributed by atoms with E-state index < -0.39 is 0 Å². The molecule has 0 aliphatic rings. The van der Waals surface area contributed by atoms with Crippen molar-refractivity contribution in [1.29, 1.82) is 0 Å². The molecule has 2 rings (SSSR count). The Bertz CT molecular complexity index is 426. The van der Waals surface area contributed by atoms with E-state index in [0.717, 1.165) is 5.69 Å². The number of hydrogen-bond acceptors (Lipinski definition) is 4. The maximum atomic E-state index is 5.51. The van der Waals surface area contributed by atoms with E-state index in [1.165, 1.54) is 5.56 Å². The summed E-state index contributed by atoms with van der Waals surface area (Å²) in [5.41, 5.74) is 7.35. The number of ether oxygens (including phenoxy) is 1. The van der Waals surface area contributed by atoms with Gasteiger partial charge in [0.25, 0.3) is 6.01 Å². The van der Waals surface area contributed by atoms with Crippen LogP contribution in [0.3, 0.4) is 0 Å². The number of hydrogen-bond donors (Lipinski definition) is 1. The predicted molar refractivity (Wildman–Crippen MR) is 60.7 cm³/mol. The lowest BCUT2D eigenvalue weighted by molar-refractivity contribution is 0.123. The van der Waals surface area contributed by atoms with Crippen LogP contribution in [-0.2, 0) is 17.8 Å². The van der Waals surface area contributed by atoms with Gasteiger partial charge >= 0.3 is 0 Å². The SMILES string of the molecule is Nc1nc(CCOCc2ccccc2)co1. The summed E-state index contributed by atoms with van der Waals surface area (Å²) >= 11 is 0. The van der Waals surface area contributed by atoms with E-state index in [4.69, 9.17) is 14.9 Å². The van der Waals surface area contributed by atoms with Gasteiger partial charge in [-0.2, -0.15) is 4.98 Å². The lowest BCUT2D eigenvalue weighted by Crippen LogP contribution is -1.99. The zero-order valence-electron chi connectivity index (χ0n) is 8.93. The first-order valence-electron chi connectivity index (χ1n) is 5.16. The molecule has 1 aromatic carbocycles. The van der Waals surface area contributed by atoms with Gasteiger partial charge in [-0.1, -0.05) is 30.3 Å². The van der Waals surface area contributed by atoms with Crippen LogP contribution in [-0.4, -0.2) is 11.6 Å². The molecule has 2 aromatic rings. The topological polar surface area (TPSA) is 61.3 Å². The number of nitrogens with zero attached hydrogens (tertiary/aromatic N) is 1. The van der Waals surface area contributed by atoms with Gasteiger partial charge in [0.15, 0.2) is 0 Å². The van der Waals surface area contributed by atoms with Crippen LogP contribution < -0.4 is 5.73 Å². The number of nitrogens with two attached hydrogens (primary N) is 1. The number of aromatic nitrogens is 1. The van der Waals surface area contributed by atoms with E-state index >= 15 is 0 Å². The Morgan fingerprint density at radius 1 is 1.25 bits per heavy atom. The summed E-state index contributed by atoms with van der Waals surface area (Å²) in [5, 5.41) is 0. The number of benzene rings is 1. The van der Waals surface area contributed by atoms with E-state index in [1.807, 2.05) is 30.3 Å². The average Bonchev–Trinajstić information content (AvgIpc) is 2.72. The molecule has 16 heavy (non-hydrogen) atoms. The molecule has 2 N–H and O–H groups in total. The number of oxazole rings is 1. The zero-order chi connectivity index (χ0) is 11.2. The van der Waals surface area contributed by atoms with Crippen molar-refractivity contribution < 1.29 is 9.15 Å². The van der Waals surface area contributed by atoms with Crippen molar-refractivity contribution in [2.24, 2.45) is 0 Å². The van der Waals surface area contributed by atoms with Crippen LogP contribution in [0.2, 0.25) is 0 Å². The molecule has 0 aliphatic carbocycles. The van der Waals surface area contributed by atoms with E-state index in [0.29, 0.717) is 19.6 Å². The average molecular weight is 218 g/mol. The van der Waals surface area contributed by atoms with Gasteiger partial charge in [-0.25, -0.2) is 0 Å². The fraction of sp³-hybridized carbons (Fsp3) is 0.250. The lowest BCUT2D eigenvalue weighted by atomic mass is 10.2. The minimum absolute atomic E-state index is 0.207. The summed E-state index contributed by atoms with van der Waals surface area (Å²) in [6.45, 7) is 1.23. The first kappa shape index (κ1) is 10.7. The molecule has 0 radical (unpaired) electrons. The maximum absolute atomic E-state index is 5.51. The highest BCUT2D eigenvalue weighted by Gasteiger charge is 2.00. The summed E-state index contributed by atoms with van der Waals surface area (Å²) in [4.78, 5) is 3.99. The van der Waals surface area contributed by atoms with Crippen LogP contribution in [0, 0.1) is 0 Å². The zero-order valence-corrected chi connectivity index (χ0v) is 8.93. The van der Waals surface area contributed by atoms with Crippen molar-refractivity contribution in [3.8, 4) is 0 Å². The molecule has 0 saturated heterocycles. The third-order valence-electron chi connectivity index (χ3n) is 2.18. The molecule has 4 nitrogen and oxygen atoms in total. The Morgan fingerprint density at radius 3 is 2.75 bits per heavy atom. The van der Waals surface area contributed by atoms with Gasteiger partial charge in [-0.3, -0.25) is 0 Å². The third kappa shape index (κ3) is 3.10. The molecule has 0 bridgehead atoms. The Balaban J connectivity index is 1.69. The Labute approximate surface area is 94.1 Å². The molecular formula is C12H14N2O2. The Hall–Kier alpha value is -1.81. The highest BCUT2D eigenvalue weighted by atomic mass is 16.5. The summed E-state index contributed by atoms with van der Waals surface area (Å²) in [6, 6.07) is 10.3. The second kappa shape index (κ2) is 5.32. The third-order valence-corrected chi connectivity index (χ3v) is 2.18.